The number of ether oxygens (including phenoxy) is 1. The number of phenolic OH excluding ortho intramolecular Hbond substituents is 1. The Morgan fingerprint density at radius 3 is 2.55 bits per heavy atom. The molecule has 202 valence electrons. The zero-order valence-electron chi connectivity index (χ0n) is 20.8. The third-order valence-electron chi connectivity index (χ3n) is 6.42. The van der Waals surface area contributed by atoms with Crippen molar-refractivity contribution in [2.75, 3.05) is 36.5 Å². The van der Waals surface area contributed by atoms with Gasteiger partial charge in [0.2, 0.25) is 11.9 Å². The maximum Gasteiger partial charge on any atom is 0.315 e. The number of fused-ring (bicyclic) bond motifs is 2. The molecule has 1 aliphatic heterocycles. The number of aromatic nitrogens is 3. The fourth-order valence-electron chi connectivity index (χ4n) is 4.53. The van der Waals surface area contributed by atoms with E-state index in [1.54, 1.807) is 18.2 Å². The average molecular weight is 592 g/mol. The van der Waals surface area contributed by atoms with Crippen molar-refractivity contribution in [3.8, 4) is 5.75 Å². The molecule has 0 amide bonds. The number of nitrogens with zero attached hydrogens (tertiary/aromatic N) is 6. The predicted molar refractivity (Wildman–Crippen MR) is 162 cm³/mol. The van der Waals surface area contributed by atoms with E-state index in [0.717, 1.165) is 10.8 Å². The van der Waals surface area contributed by atoms with Crippen molar-refractivity contribution in [3.05, 3.63) is 60.7 Å². The lowest BCUT2D eigenvalue weighted by Crippen LogP contribution is -2.37. The molecule has 2 N–H and O–H groups in total. The van der Waals surface area contributed by atoms with Crippen LogP contribution in [0.4, 0.5) is 33.3 Å². The number of rotatable bonds is 5. The number of halogens is 1. The SMILES string of the molecule is Oc1c(N=Nc2ccc3ccccc3c2S)c(S)cc2cc(S)cc(Nc3nc(F)nc(N4CCOCC4)n3)c12. The Labute approximate surface area is 244 Å². The van der Waals surface area contributed by atoms with Gasteiger partial charge < -0.3 is 20.1 Å². The molecule has 13 heteroatoms. The molecule has 0 aliphatic carbocycles. The highest BCUT2D eigenvalue weighted by Gasteiger charge is 2.19. The third-order valence-corrected chi connectivity index (χ3v) is 7.49. The van der Waals surface area contributed by atoms with Crippen LogP contribution in [0.15, 0.2) is 79.5 Å². The Balaban J connectivity index is 1.41. The lowest BCUT2D eigenvalue weighted by Gasteiger charge is -2.26. The summed E-state index contributed by atoms with van der Waals surface area (Å²) in [6.45, 7) is 2.05. The van der Waals surface area contributed by atoms with Crippen molar-refractivity contribution < 1.29 is 14.2 Å². The van der Waals surface area contributed by atoms with Gasteiger partial charge in [-0.2, -0.15) is 19.3 Å². The van der Waals surface area contributed by atoms with Crippen molar-refractivity contribution >= 4 is 88.4 Å². The van der Waals surface area contributed by atoms with E-state index in [2.05, 4.69) is 68.4 Å². The van der Waals surface area contributed by atoms with Crippen molar-refractivity contribution in [1.82, 2.24) is 15.0 Å². The van der Waals surface area contributed by atoms with Crippen molar-refractivity contribution in [1.29, 1.82) is 0 Å². The first kappa shape index (κ1) is 26.6. The number of phenols is 1. The van der Waals surface area contributed by atoms with Crippen molar-refractivity contribution in [2.24, 2.45) is 10.2 Å². The average Bonchev–Trinajstić information content (AvgIpc) is 2.94. The van der Waals surface area contributed by atoms with Gasteiger partial charge in [0.15, 0.2) is 5.75 Å². The van der Waals surface area contributed by atoms with Crippen molar-refractivity contribution in [2.45, 2.75) is 14.7 Å². The summed E-state index contributed by atoms with van der Waals surface area (Å²) in [6.07, 6.45) is -0.931. The summed E-state index contributed by atoms with van der Waals surface area (Å²) >= 11 is 13.7. The maximum atomic E-state index is 14.4. The summed E-state index contributed by atoms with van der Waals surface area (Å²) in [5.74, 6) is -0.00641. The van der Waals surface area contributed by atoms with Gasteiger partial charge in [-0.05, 0) is 40.4 Å². The first-order valence-corrected chi connectivity index (χ1v) is 13.6. The van der Waals surface area contributed by atoms with E-state index in [0.29, 0.717) is 63.1 Å². The summed E-state index contributed by atoms with van der Waals surface area (Å²) in [5.41, 5.74) is 1.08. The second kappa shape index (κ2) is 11.1. The van der Waals surface area contributed by atoms with Crippen LogP contribution in [0.5, 0.6) is 5.75 Å². The predicted octanol–water partition coefficient (Wildman–Crippen LogP) is 6.88. The summed E-state index contributed by atoms with van der Waals surface area (Å²) < 4.78 is 19.8. The lowest BCUT2D eigenvalue weighted by molar-refractivity contribution is 0.122. The molecular weight excluding hydrogens is 570 g/mol. The van der Waals surface area contributed by atoms with Crippen LogP contribution in [-0.2, 0) is 4.74 Å². The number of anilines is 3. The van der Waals surface area contributed by atoms with Gasteiger partial charge in [-0.15, -0.1) is 48.1 Å². The van der Waals surface area contributed by atoms with E-state index in [9.17, 15) is 9.50 Å². The highest BCUT2D eigenvalue weighted by Crippen LogP contribution is 2.45. The van der Waals surface area contributed by atoms with Crippen LogP contribution in [-0.4, -0.2) is 46.4 Å². The number of hydrogen-bond acceptors (Lipinski definition) is 12. The van der Waals surface area contributed by atoms with Gasteiger partial charge in [0.05, 0.1) is 24.6 Å². The van der Waals surface area contributed by atoms with Crippen LogP contribution in [0, 0.1) is 6.08 Å². The number of hydrogen-bond donors (Lipinski definition) is 5. The number of morpholine rings is 1. The van der Waals surface area contributed by atoms with Gasteiger partial charge in [-0.3, -0.25) is 0 Å². The van der Waals surface area contributed by atoms with E-state index < -0.39 is 6.08 Å². The molecule has 1 aromatic heterocycles. The molecule has 1 saturated heterocycles. The van der Waals surface area contributed by atoms with Gasteiger partial charge in [-0.1, -0.05) is 30.3 Å². The highest BCUT2D eigenvalue weighted by atomic mass is 32.1. The minimum atomic E-state index is -0.931. The van der Waals surface area contributed by atoms with E-state index in [-0.39, 0.29) is 23.3 Å². The minimum absolute atomic E-state index is 0.0253. The topological polar surface area (TPSA) is 108 Å². The molecular formula is C27H22FN7O2S3. The number of aromatic hydroxyl groups is 1. The standard InChI is InChI=1S/C27H22FN7O2S3/c28-25-30-26(32-27(31-25)35-7-9-37-10-8-35)29-19-13-16(38)11-15-12-20(39)22(23(36)21(15)19)34-33-18-6-5-14-3-1-2-4-17(14)24(18)40/h1-6,11-13,36,38-40H,7-10H2,(H,29,30,31,32). The molecule has 5 aromatic rings. The molecule has 40 heavy (non-hydrogen) atoms. The molecule has 0 atom stereocenters. The second-order valence-electron chi connectivity index (χ2n) is 8.99. The van der Waals surface area contributed by atoms with Crippen LogP contribution < -0.4 is 10.2 Å². The minimum Gasteiger partial charge on any atom is -0.505 e. The first-order chi connectivity index (χ1) is 19.4. The summed E-state index contributed by atoms with van der Waals surface area (Å²) in [4.78, 5) is 15.5. The molecule has 1 fully saturated rings. The van der Waals surface area contributed by atoms with Crippen LogP contribution in [0.1, 0.15) is 0 Å². The Bertz CT molecular complexity index is 1800. The molecule has 6 rings (SSSR count). The second-order valence-corrected chi connectivity index (χ2v) is 10.4. The van der Waals surface area contributed by atoms with Gasteiger partial charge in [0.1, 0.15) is 5.69 Å². The molecule has 2 heterocycles. The van der Waals surface area contributed by atoms with Crippen LogP contribution in [0.3, 0.4) is 0 Å². The monoisotopic (exact) mass is 591 g/mol. The smallest absolute Gasteiger partial charge is 0.315 e. The fraction of sp³-hybridized carbons (Fsp3) is 0.148. The van der Waals surface area contributed by atoms with E-state index in [1.165, 1.54) is 0 Å². The normalized spacial score (nSPS) is 13.9. The molecule has 9 nitrogen and oxygen atoms in total. The van der Waals surface area contributed by atoms with Crippen LogP contribution in [0.25, 0.3) is 21.5 Å². The molecule has 0 saturated carbocycles. The summed E-state index contributed by atoms with van der Waals surface area (Å²) in [5, 5.41) is 26.1. The van der Waals surface area contributed by atoms with Gasteiger partial charge in [-0.25, -0.2) is 0 Å². The number of thiol groups is 3. The maximum absolute atomic E-state index is 14.4. The Kier molecular flexibility index (Phi) is 7.36. The molecule has 0 unspecified atom stereocenters. The number of benzene rings is 4. The van der Waals surface area contributed by atoms with E-state index in [4.69, 9.17) is 4.74 Å². The van der Waals surface area contributed by atoms with Crippen molar-refractivity contribution in [3.63, 3.8) is 0 Å². The molecule has 0 radical (unpaired) electrons. The zero-order valence-corrected chi connectivity index (χ0v) is 23.5. The Hall–Kier alpha value is -3.65. The largest absolute Gasteiger partial charge is 0.505 e. The summed E-state index contributed by atoms with van der Waals surface area (Å²) in [7, 11) is 0. The fourth-order valence-corrected chi connectivity index (χ4v) is 5.41. The molecule has 1 aliphatic rings. The van der Waals surface area contributed by atoms with Gasteiger partial charge in [0.25, 0.3) is 0 Å². The lowest BCUT2D eigenvalue weighted by atomic mass is 10.1. The van der Waals surface area contributed by atoms with Crippen LogP contribution in [0.2, 0.25) is 0 Å². The highest BCUT2D eigenvalue weighted by molar-refractivity contribution is 7.81. The van der Waals surface area contributed by atoms with Gasteiger partial charge >= 0.3 is 6.08 Å². The van der Waals surface area contributed by atoms with Crippen LogP contribution >= 0.6 is 37.9 Å². The van der Waals surface area contributed by atoms with E-state index in [1.807, 2.05) is 41.3 Å². The van der Waals surface area contributed by atoms with E-state index >= 15 is 0 Å². The Morgan fingerprint density at radius 1 is 0.925 bits per heavy atom. The summed E-state index contributed by atoms with van der Waals surface area (Å²) in [6, 6.07) is 16.8. The molecule has 0 spiro atoms. The Morgan fingerprint density at radius 2 is 1.73 bits per heavy atom. The third kappa shape index (κ3) is 5.24. The first-order valence-electron chi connectivity index (χ1n) is 12.2. The molecule has 4 aromatic carbocycles. The number of azo groups is 1. The molecule has 0 bridgehead atoms. The quantitative estimate of drug-likeness (QED) is 0.112. The number of nitrogens with one attached hydrogen (secondary N) is 1. The van der Waals surface area contributed by atoms with Gasteiger partial charge in [0, 0.05) is 33.2 Å². The zero-order chi connectivity index (χ0) is 27.8.